The summed E-state index contributed by atoms with van der Waals surface area (Å²) >= 11 is 4.83. The van der Waals surface area contributed by atoms with Gasteiger partial charge in [-0.25, -0.2) is 0 Å². The van der Waals surface area contributed by atoms with Gasteiger partial charge in [0.1, 0.15) is 0 Å². The van der Waals surface area contributed by atoms with Crippen molar-refractivity contribution in [1.29, 1.82) is 0 Å². The van der Waals surface area contributed by atoms with E-state index in [0.29, 0.717) is 21.8 Å². The normalized spacial score (nSPS) is 10.5. The Kier molecular flexibility index (Phi) is 3.22. The Labute approximate surface area is 112 Å². The maximum Gasteiger partial charge on any atom is 0.206 e. The van der Waals surface area contributed by atoms with Gasteiger partial charge in [-0.05, 0) is 47.1 Å². The van der Waals surface area contributed by atoms with Crippen molar-refractivity contribution < 1.29 is 4.79 Å². The van der Waals surface area contributed by atoms with Crippen LogP contribution in [-0.2, 0) is 0 Å². The quantitative estimate of drug-likeness (QED) is 0.661. The monoisotopic (exact) mass is 310 g/mol. The molecule has 1 aromatic heterocycles. The lowest BCUT2D eigenvalue weighted by atomic mass is 10.1. The Morgan fingerprint density at radius 3 is 2.53 bits per heavy atom. The smallest absolute Gasteiger partial charge is 0.206 e. The third-order valence-electron chi connectivity index (χ3n) is 2.34. The molecule has 0 aliphatic carbocycles. The van der Waals surface area contributed by atoms with Crippen LogP contribution in [0.5, 0.6) is 0 Å². The van der Waals surface area contributed by atoms with Gasteiger partial charge < -0.3 is 11.5 Å². The molecule has 2 aromatic rings. The van der Waals surface area contributed by atoms with Gasteiger partial charge in [0.25, 0.3) is 0 Å². The molecule has 2 rings (SSSR count). The summed E-state index contributed by atoms with van der Waals surface area (Å²) in [4.78, 5) is 14.0. The average Bonchev–Trinajstić information content (AvgIpc) is 2.57. The zero-order valence-corrected chi connectivity index (χ0v) is 11.6. The van der Waals surface area contributed by atoms with Gasteiger partial charge in [0.05, 0.1) is 4.88 Å². The standard InChI is InChI=1S/C12H11BrN2OS/c1-6-4-9(13)12(17-6)11(16)8-3-2-7(14)5-10(8)15/h2-5H,14-15H2,1H3. The fourth-order valence-corrected chi connectivity index (χ4v) is 3.32. The van der Waals surface area contributed by atoms with Gasteiger partial charge in [-0.15, -0.1) is 11.3 Å². The van der Waals surface area contributed by atoms with Crippen molar-refractivity contribution in [2.24, 2.45) is 0 Å². The molecule has 88 valence electrons. The highest BCUT2D eigenvalue weighted by Crippen LogP contribution is 2.30. The highest BCUT2D eigenvalue weighted by Gasteiger charge is 2.17. The molecule has 0 radical (unpaired) electrons. The molecule has 0 aliphatic heterocycles. The van der Waals surface area contributed by atoms with Gasteiger partial charge in [-0.2, -0.15) is 0 Å². The van der Waals surface area contributed by atoms with Crippen LogP contribution in [0.4, 0.5) is 11.4 Å². The van der Waals surface area contributed by atoms with Crippen LogP contribution in [0.3, 0.4) is 0 Å². The second-order valence-electron chi connectivity index (χ2n) is 3.71. The lowest BCUT2D eigenvalue weighted by Crippen LogP contribution is -2.04. The van der Waals surface area contributed by atoms with Crippen LogP contribution in [0.1, 0.15) is 20.1 Å². The molecular formula is C12H11BrN2OS. The number of anilines is 2. The summed E-state index contributed by atoms with van der Waals surface area (Å²) in [6.07, 6.45) is 0. The third kappa shape index (κ3) is 2.35. The van der Waals surface area contributed by atoms with E-state index in [1.54, 1.807) is 18.2 Å². The van der Waals surface area contributed by atoms with Crippen molar-refractivity contribution in [3.8, 4) is 0 Å². The second kappa shape index (κ2) is 4.50. The molecule has 5 heteroatoms. The molecule has 0 atom stereocenters. The molecule has 0 unspecified atom stereocenters. The molecule has 0 amide bonds. The molecule has 0 bridgehead atoms. The highest BCUT2D eigenvalue weighted by atomic mass is 79.9. The number of rotatable bonds is 2. The van der Waals surface area contributed by atoms with Gasteiger partial charge in [0.2, 0.25) is 5.78 Å². The number of hydrogen-bond donors (Lipinski definition) is 2. The van der Waals surface area contributed by atoms with E-state index in [0.717, 1.165) is 9.35 Å². The van der Waals surface area contributed by atoms with Crippen molar-refractivity contribution in [2.45, 2.75) is 6.92 Å². The predicted octanol–water partition coefficient (Wildman–Crippen LogP) is 3.21. The van der Waals surface area contributed by atoms with Crippen LogP contribution >= 0.6 is 27.3 Å². The molecular weight excluding hydrogens is 300 g/mol. The Hall–Kier alpha value is -1.33. The van der Waals surface area contributed by atoms with E-state index in [1.807, 2.05) is 13.0 Å². The first kappa shape index (κ1) is 12.1. The highest BCUT2D eigenvalue weighted by molar-refractivity contribution is 9.10. The van der Waals surface area contributed by atoms with Crippen LogP contribution in [0.15, 0.2) is 28.7 Å². The first-order valence-corrected chi connectivity index (χ1v) is 6.55. The number of aryl methyl sites for hydroxylation is 1. The van der Waals surface area contributed by atoms with Crippen molar-refractivity contribution in [3.05, 3.63) is 44.1 Å². The van der Waals surface area contributed by atoms with E-state index in [4.69, 9.17) is 11.5 Å². The fourth-order valence-electron chi connectivity index (χ4n) is 1.55. The zero-order valence-electron chi connectivity index (χ0n) is 9.16. The number of ketones is 1. The first-order chi connectivity index (χ1) is 7.99. The average molecular weight is 311 g/mol. The number of hydrogen-bond acceptors (Lipinski definition) is 4. The van der Waals surface area contributed by atoms with E-state index in [9.17, 15) is 4.79 Å². The Morgan fingerprint density at radius 1 is 1.29 bits per heavy atom. The molecule has 1 heterocycles. The van der Waals surface area contributed by atoms with Gasteiger partial charge in [0, 0.05) is 26.3 Å². The van der Waals surface area contributed by atoms with Crippen molar-refractivity contribution >= 4 is 44.4 Å². The lowest BCUT2D eigenvalue weighted by molar-refractivity contribution is 0.104. The lowest BCUT2D eigenvalue weighted by Gasteiger charge is -2.04. The van der Waals surface area contributed by atoms with Gasteiger partial charge in [-0.1, -0.05) is 0 Å². The molecule has 0 spiro atoms. The molecule has 0 saturated heterocycles. The van der Waals surface area contributed by atoms with E-state index in [2.05, 4.69) is 15.9 Å². The number of carbonyl (C=O) groups is 1. The number of carbonyl (C=O) groups excluding carboxylic acids is 1. The Bertz CT molecular complexity index is 592. The summed E-state index contributed by atoms with van der Waals surface area (Å²) in [5.74, 6) is -0.0764. The van der Waals surface area contributed by atoms with Crippen LogP contribution in [-0.4, -0.2) is 5.78 Å². The van der Waals surface area contributed by atoms with E-state index in [-0.39, 0.29) is 5.78 Å². The number of thiophene rings is 1. The SMILES string of the molecule is Cc1cc(Br)c(C(=O)c2ccc(N)cc2N)s1. The summed E-state index contributed by atoms with van der Waals surface area (Å²) in [6, 6.07) is 6.86. The molecule has 3 nitrogen and oxygen atoms in total. The van der Waals surface area contributed by atoms with Crippen LogP contribution < -0.4 is 11.5 Å². The van der Waals surface area contributed by atoms with E-state index in [1.165, 1.54) is 11.3 Å². The molecule has 0 aliphatic rings. The van der Waals surface area contributed by atoms with Gasteiger partial charge >= 0.3 is 0 Å². The van der Waals surface area contributed by atoms with Crippen molar-refractivity contribution in [1.82, 2.24) is 0 Å². The minimum absolute atomic E-state index is 0.0764. The van der Waals surface area contributed by atoms with Crippen LogP contribution in [0, 0.1) is 6.92 Å². The van der Waals surface area contributed by atoms with Gasteiger partial charge in [0.15, 0.2) is 0 Å². The van der Waals surface area contributed by atoms with Crippen molar-refractivity contribution in [3.63, 3.8) is 0 Å². The first-order valence-electron chi connectivity index (χ1n) is 4.94. The summed E-state index contributed by atoms with van der Waals surface area (Å²) in [6.45, 7) is 1.96. The summed E-state index contributed by atoms with van der Waals surface area (Å²) < 4.78 is 0.807. The molecule has 4 N–H and O–H groups in total. The predicted molar refractivity (Wildman–Crippen MR) is 75.5 cm³/mol. The van der Waals surface area contributed by atoms with Crippen LogP contribution in [0.25, 0.3) is 0 Å². The zero-order chi connectivity index (χ0) is 12.6. The fraction of sp³-hybridized carbons (Fsp3) is 0.0833. The molecule has 17 heavy (non-hydrogen) atoms. The minimum Gasteiger partial charge on any atom is -0.399 e. The third-order valence-corrected chi connectivity index (χ3v) is 4.27. The number of nitrogens with two attached hydrogens (primary N) is 2. The summed E-state index contributed by atoms with van der Waals surface area (Å²) in [5, 5.41) is 0. The number of benzene rings is 1. The van der Waals surface area contributed by atoms with Crippen molar-refractivity contribution in [2.75, 3.05) is 11.5 Å². The van der Waals surface area contributed by atoms with Crippen LogP contribution in [0.2, 0.25) is 0 Å². The topological polar surface area (TPSA) is 69.1 Å². The molecule has 0 saturated carbocycles. The number of halogens is 1. The number of nitrogen functional groups attached to an aromatic ring is 2. The summed E-state index contributed by atoms with van der Waals surface area (Å²) in [5.41, 5.74) is 12.9. The second-order valence-corrected chi connectivity index (χ2v) is 5.82. The maximum absolute atomic E-state index is 12.3. The Morgan fingerprint density at radius 2 is 2.00 bits per heavy atom. The minimum atomic E-state index is -0.0764. The summed E-state index contributed by atoms with van der Waals surface area (Å²) in [7, 11) is 0. The van der Waals surface area contributed by atoms with Gasteiger partial charge in [-0.3, -0.25) is 4.79 Å². The van der Waals surface area contributed by atoms with E-state index >= 15 is 0 Å². The molecule has 1 aromatic carbocycles. The Balaban J connectivity index is 2.47. The maximum atomic E-state index is 12.3. The largest absolute Gasteiger partial charge is 0.399 e. The molecule has 0 fully saturated rings. The van der Waals surface area contributed by atoms with E-state index < -0.39 is 0 Å².